The fourth-order valence-corrected chi connectivity index (χ4v) is 1.84. The molecule has 18 heavy (non-hydrogen) atoms. The summed E-state index contributed by atoms with van der Waals surface area (Å²) in [4.78, 5) is 22.7. The third-order valence-electron chi connectivity index (χ3n) is 2.68. The number of rotatable bonds is 1. The molecule has 3 rings (SSSR count). The van der Waals surface area contributed by atoms with Crippen LogP contribution in [-0.2, 0) is 0 Å². The van der Waals surface area contributed by atoms with Crippen LogP contribution < -0.4 is 10.1 Å². The first-order valence-corrected chi connectivity index (χ1v) is 5.34. The molecule has 1 amide bonds. The van der Waals surface area contributed by atoms with Crippen molar-refractivity contribution in [1.29, 1.82) is 0 Å². The topological polar surface area (TPSA) is 67.8 Å². The molecule has 5 heteroatoms. The summed E-state index contributed by atoms with van der Waals surface area (Å²) in [5, 5.41) is 5.60. The number of carbonyl (C=O) groups is 1. The molecule has 0 saturated heterocycles. The molecule has 88 valence electrons. The number of nitrogens with zero attached hydrogens (tertiary/aromatic N) is 1. The summed E-state index contributed by atoms with van der Waals surface area (Å²) >= 11 is 0. The molecule has 0 unspecified atom stereocenters. The van der Waals surface area contributed by atoms with Gasteiger partial charge >= 0.3 is 0 Å². The second-order valence-electron chi connectivity index (χ2n) is 3.80. The summed E-state index contributed by atoms with van der Waals surface area (Å²) in [5.41, 5.74) is 0.971. The first kappa shape index (κ1) is 10.5. The predicted molar refractivity (Wildman–Crippen MR) is 66.4 cm³/mol. The Morgan fingerprint density at radius 1 is 1.06 bits per heavy atom. The molecular formula is C13H8N2O3. The molecule has 1 aliphatic heterocycles. The van der Waals surface area contributed by atoms with E-state index in [1.807, 2.05) is 0 Å². The van der Waals surface area contributed by atoms with Crippen LogP contribution in [0, 0.1) is 4.91 Å². The number of hydrogen-bond acceptors (Lipinski definition) is 4. The molecule has 0 spiro atoms. The number of anilines is 1. The van der Waals surface area contributed by atoms with Crippen molar-refractivity contribution in [3.8, 4) is 11.5 Å². The zero-order valence-electron chi connectivity index (χ0n) is 9.21. The third kappa shape index (κ3) is 1.53. The number of nitroso groups, excluding NO2 is 1. The standard InChI is InChI=1S/C13H8N2O3/c16-13-8-4-3-6-10(15-17)12(8)18-11-7-2-1-5-9(11)14-13/h1-7H,(H,14,16). The highest BCUT2D eigenvalue weighted by atomic mass is 16.5. The minimum Gasteiger partial charge on any atom is -0.452 e. The Labute approximate surface area is 102 Å². The highest BCUT2D eigenvalue weighted by Crippen LogP contribution is 2.40. The molecular weight excluding hydrogens is 232 g/mol. The molecule has 1 heterocycles. The van der Waals surface area contributed by atoms with Gasteiger partial charge in [0, 0.05) is 0 Å². The zero-order chi connectivity index (χ0) is 12.5. The van der Waals surface area contributed by atoms with Crippen molar-refractivity contribution in [2.45, 2.75) is 0 Å². The zero-order valence-corrected chi connectivity index (χ0v) is 9.21. The molecule has 0 radical (unpaired) electrons. The number of benzene rings is 2. The number of hydrogen-bond donors (Lipinski definition) is 1. The second-order valence-corrected chi connectivity index (χ2v) is 3.80. The van der Waals surface area contributed by atoms with Gasteiger partial charge in [-0.05, 0) is 29.4 Å². The van der Waals surface area contributed by atoms with E-state index in [1.165, 1.54) is 6.07 Å². The monoisotopic (exact) mass is 240 g/mol. The fraction of sp³-hybridized carbons (Fsp3) is 0. The van der Waals surface area contributed by atoms with Crippen LogP contribution in [-0.4, -0.2) is 5.91 Å². The lowest BCUT2D eigenvalue weighted by Crippen LogP contribution is -2.10. The Hall–Kier alpha value is -2.69. The van der Waals surface area contributed by atoms with Crippen molar-refractivity contribution in [3.05, 3.63) is 52.9 Å². The van der Waals surface area contributed by atoms with Gasteiger partial charge in [-0.1, -0.05) is 18.2 Å². The van der Waals surface area contributed by atoms with Gasteiger partial charge in [-0.25, -0.2) is 0 Å². The molecule has 2 aromatic carbocycles. The van der Waals surface area contributed by atoms with E-state index in [4.69, 9.17) is 4.74 Å². The van der Waals surface area contributed by atoms with Gasteiger partial charge in [-0.2, -0.15) is 0 Å². The number of nitrogens with one attached hydrogen (secondary N) is 1. The molecule has 0 fully saturated rings. The number of para-hydroxylation sites is 3. The average molecular weight is 240 g/mol. The smallest absolute Gasteiger partial charge is 0.259 e. The van der Waals surface area contributed by atoms with Gasteiger partial charge in [0.25, 0.3) is 5.91 Å². The van der Waals surface area contributed by atoms with E-state index in [0.29, 0.717) is 17.0 Å². The van der Waals surface area contributed by atoms with E-state index in [0.717, 1.165) is 0 Å². The third-order valence-corrected chi connectivity index (χ3v) is 2.68. The van der Waals surface area contributed by atoms with Crippen LogP contribution in [0.4, 0.5) is 11.4 Å². The minimum atomic E-state index is -0.319. The van der Waals surface area contributed by atoms with Gasteiger partial charge in [0.15, 0.2) is 17.2 Å². The van der Waals surface area contributed by atoms with E-state index >= 15 is 0 Å². The van der Waals surface area contributed by atoms with E-state index in [-0.39, 0.29) is 17.3 Å². The molecule has 0 aliphatic carbocycles. The molecule has 0 bridgehead atoms. The highest BCUT2D eigenvalue weighted by molar-refractivity contribution is 6.08. The van der Waals surface area contributed by atoms with Gasteiger partial charge in [-0.15, -0.1) is 4.91 Å². The van der Waals surface area contributed by atoms with Crippen molar-refractivity contribution >= 4 is 17.3 Å². The van der Waals surface area contributed by atoms with Crippen LogP contribution in [0.5, 0.6) is 11.5 Å². The summed E-state index contributed by atoms with van der Waals surface area (Å²) < 4.78 is 5.62. The van der Waals surface area contributed by atoms with E-state index in [9.17, 15) is 9.70 Å². The number of ether oxygens (including phenoxy) is 1. The Kier molecular flexibility index (Phi) is 2.30. The quantitative estimate of drug-likeness (QED) is 0.776. The fourth-order valence-electron chi connectivity index (χ4n) is 1.84. The molecule has 0 aromatic heterocycles. The normalized spacial score (nSPS) is 12.6. The van der Waals surface area contributed by atoms with Crippen molar-refractivity contribution in [3.63, 3.8) is 0 Å². The Bertz CT molecular complexity index is 652. The van der Waals surface area contributed by atoms with Crippen molar-refractivity contribution < 1.29 is 9.53 Å². The molecule has 1 aliphatic rings. The molecule has 2 aromatic rings. The van der Waals surface area contributed by atoms with E-state index in [1.54, 1.807) is 36.4 Å². The van der Waals surface area contributed by atoms with Gasteiger partial charge in [0.05, 0.1) is 11.3 Å². The molecule has 5 nitrogen and oxygen atoms in total. The van der Waals surface area contributed by atoms with Crippen molar-refractivity contribution in [2.24, 2.45) is 5.18 Å². The summed E-state index contributed by atoms with van der Waals surface area (Å²) in [7, 11) is 0. The second kappa shape index (κ2) is 3.96. The first-order chi connectivity index (χ1) is 8.79. The summed E-state index contributed by atoms with van der Waals surface area (Å²) in [6.07, 6.45) is 0. The number of fused-ring (bicyclic) bond motifs is 2. The number of carbonyl (C=O) groups excluding carboxylic acids is 1. The maximum absolute atomic E-state index is 12.0. The van der Waals surface area contributed by atoms with Gasteiger partial charge in [-0.3, -0.25) is 4.79 Å². The van der Waals surface area contributed by atoms with Gasteiger partial charge < -0.3 is 10.1 Å². The highest BCUT2D eigenvalue weighted by Gasteiger charge is 2.23. The summed E-state index contributed by atoms with van der Waals surface area (Å²) in [5.74, 6) is 0.358. The van der Waals surface area contributed by atoms with Crippen LogP contribution >= 0.6 is 0 Å². The maximum Gasteiger partial charge on any atom is 0.259 e. The Morgan fingerprint density at radius 3 is 2.72 bits per heavy atom. The van der Waals surface area contributed by atoms with Gasteiger partial charge in [0.2, 0.25) is 0 Å². The summed E-state index contributed by atoms with van der Waals surface area (Å²) in [6.45, 7) is 0. The largest absolute Gasteiger partial charge is 0.452 e. The van der Waals surface area contributed by atoms with Crippen LogP contribution in [0.3, 0.4) is 0 Å². The van der Waals surface area contributed by atoms with Crippen LogP contribution in [0.1, 0.15) is 10.4 Å². The van der Waals surface area contributed by atoms with Crippen LogP contribution in [0.25, 0.3) is 0 Å². The van der Waals surface area contributed by atoms with E-state index < -0.39 is 0 Å². The summed E-state index contributed by atoms with van der Waals surface area (Å²) in [6, 6.07) is 11.7. The lowest BCUT2D eigenvalue weighted by molar-refractivity contribution is 0.102. The van der Waals surface area contributed by atoms with Crippen LogP contribution in [0.2, 0.25) is 0 Å². The molecule has 0 saturated carbocycles. The molecule has 0 atom stereocenters. The molecule has 1 N–H and O–H groups in total. The predicted octanol–water partition coefficient (Wildman–Crippen LogP) is 3.44. The minimum absolute atomic E-state index is 0.111. The number of amides is 1. The average Bonchev–Trinajstić information content (AvgIpc) is 2.54. The Balaban J connectivity index is 2.23. The Morgan fingerprint density at radius 2 is 1.89 bits per heavy atom. The van der Waals surface area contributed by atoms with E-state index in [2.05, 4.69) is 10.5 Å². The lowest BCUT2D eigenvalue weighted by atomic mass is 10.1. The van der Waals surface area contributed by atoms with Gasteiger partial charge in [0.1, 0.15) is 0 Å². The maximum atomic E-state index is 12.0. The van der Waals surface area contributed by atoms with Crippen molar-refractivity contribution in [2.75, 3.05) is 5.32 Å². The SMILES string of the molecule is O=Nc1cccc2c1Oc1ccccc1NC2=O. The lowest BCUT2D eigenvalue weighted by Gasteiger charge is -2.07. The van der Waals surface area contributed by atoms with Crippen molar-refractivity contribution in [1.82, 2.24) is 0 Å². The first-order valence-electron chi connectivity index (χ1n) is 5.34. The van der Waals surface area contributed by atoms with Crippen LogP contribution in [0.15, 0.2) is 47.6 Å².